The van der Waals surface area contributed by atoms with Crippen LogP contribution in [0.25, 0.3) is 6.08 Å². The van der Waals surface area contributed by atoms with Crippen molar-refractivity contribution in [1.29, 1.82) is 0 Å². The third-order valence-electron chi connectivity index (χ3n) is 4.99. The van der Waals surface area contributed by atoms with Crippen LogP contribution < -0.4 is 19.7 Å². The van der Waals surface area contributed by atoms with Crippen molar-refractivity contribution in [1.82, 2.24) is 5.32 Å². The lowest BCUT2D eigenvalue weighted by molar-refractivity contribution is -0.122. The average Bonchev–Trinajstić information content (AvgIpc) is 2.83. The maximum absolute atomic E-state index is 13.1. The van der Waals surface area contributed by atoms with E-state index >= 15 is 0 Å². The van der Waals surface area contributed by atoms with E-state index in [1.807, 2.05) is 0 Å². The summed E-state index contributed by atoms with van der Waals surface area (Å²) in [6.07, 6.45) is 1.36. The molecule has 1 aliphatic heterocycles. The fraction of sp³-hybridized carbons (Fsp3) is 0.0800. The Balaban J connectivity index is 1.58. The van der Waals surface area contributed by atoms with Gasteiger partial charge in [-0.05, 0) is 65.7 Å². The standard InChI is InChI=1S/C25H18ClFN2O5/c1-33-22-13-16(4-11-21(22)34-14-15-2-7-18(27)8-3-15)12-20-23(30)28-25(32)29(24(20)31)19-9-5-17(26)6-10-19/h2-13H,14H2,1H3,(H,28,30,32)/b20-12+. The summed E-state index contributed by atoms with van der Waals surface area (Å²) < 4.78 is 24.2. The summed E-state index contributed by atoms with van der Waals surface area (Å²) in [4.78, 5) is 38.6. The smallest absolute Gasteiger partial charge is 0.335 e. The van der Waals surface area contributed by atoms with Crippen LogP contribution in [-0.4, -0.2) is 25.0 Å². The molecular formula is C25H18ClFN2O5. The van der Waals surface area contributed by atoms with Gasteiger partial charge < -0.3 is 9.47 Å². The van der Waals surface area contributed by atoms with Gasteiger partial charge in [0.2, 0.25) is 0 Å². The zero-order valence-electron chi connectivity index (χ0n) is 17.9. The number of carbonyl (C=O) groups is 3. The number of methoxy groups -OCH3 is 1. The van der Waals surface area contributed by atoms with E-state index in [0.717, 1.165) is 10.5 Å². The Morgan fingerprint density at radius 2 is 1.68 bits per heavy atom. The van der Waals surface area contributed by atoms with Crippen molar-refractivity contribution in [2.45, 2.75) is 6.61 Å². The van der Waals surface area contributed by atoms with Crippen LogP contribution in [0, 0.1) is 5.82 Å². The molecule has 1 heterocycles. The normalized spacial score (nSPS) is 14.9. The first-order valence-corrected chi connectivity index (χ1v) is 10.5. The number of hydrogen-bond acceptors (Lipinski definition) is 5. The molecule has 9 heteroatoms. The van der Waals surface area contributed by atoms with Crippen molar-refractivity contribution in [2.75, 3.05) is 12.0 Å². The Kier molecular flexibility index (Phi) is 6.60. The number of anilines is 1. The molecule has 4 rings (SSSR count). The van der Waals surface area contributed by atoms with Gasteiger partial charge in [-0.3, -0.25) is 14.9 Å². The molecule has 4 amide bonds. The topological polar surface area (TPSA) is 84.9 Å². The van der Waals surface area contributed by atoms with Gasteiger partial charge in [-0.25, -0.2) is 14.1 Å². The van der Waals surface area contributed by atoms with E-state index in [4.69, 9.17) is 21.1 Å². The quantitative estimate of drug-likeness (QED) is 0.407. The van der Waals surface area contributed by atoms with Crippen molar-refractivity contribution in [2.24, 2.45) is 0 Å². The molecule has 7 nitrogen and oxygen atoms in total. The number of hydrogen-bond donors (Lipinski definition) is 1. The minimum Gasteiger partial charge on any atom is -0.493 e. The zero-order valence-corrected chi connectivity index (χ0v) is 18.6. The van der Waals surface area contributed by atoms with Crippen molar-refractivity contribution >= 4 is 41.2 Å². The molecule has 0 saturated carbocycles. The summed E-state index contributed by atoms with van der Waals surface area (Å²) in [7, 11) is 1.45. The van der Waals surface area contributed by atoms with E-state index in [1.165, 1.54) is 49.6 Å². The van der Waals surface area contributed by atoms with Crippen LogP contribution in [-0.2, 0) is 16.2 Å². The molecule has 1 aliphatic rings. The highest BCUT2D eigenvalue weighted by Crippen LogP contribution is 2.30. The molecule has 3 aromatic rings. The highest BCUT2D eigenvalue weighted by Gasteiger charge is 2.36. The van der Waals surface area contributed by atoms with Gasteiger partial charge in [-0.1, -0.05) is 29.8 Å². The second kappa shape index (κ2) is 9.76. The number of halogens is 2. The van der Waals surface area contributed by atoms with Crippen molar-refractivity contribution in [3.63, 3.8) is 0 Å². The molecule has 1 N–H and O–H groups in total. The second-order valence-electron chi connectivity index (χ2n) is 7.26. The van der Waals surface area contributed by atoms with Gasteiger partial charge in [0.1, 0.15) is 18.0 Å². The first-order valence-electron chi connectivity index (χ1n) is 10.1. The third-order valence-corrected chi connectivity index (χ3v) is 5.24. The molecule has 1 fully saturated rings. The van der Waals surface area contributed by atoms with Crippen molar-refractivity contribution < 1.29 is 28.2 Å². The van der Waals surface area contributed by atoms with E-state index < -0.39 is 17.8 Å². The number of imide groups is 2. The van der Waals surface area contributed by atoms with Gasteiger partial charge in [0.25, 0.3) is 11.8 Å². The maximum atomic E-state index is 13.1. The number of barbiturate groups is 1. The van der Waals surface area contributed by atoms with Gasteiger partial charge in [0, 0.05) is 5.02 Å². The Morgan fingerprint density at radius 3 is 2.35 bits per heavy atom. The predicted octanol–water partition coefficient (Wildman–Crippen LogP) is 4.73. The lowest BCUT2D eigenvalue weighted by Crippen LogP contribution is -2.54. The van der Waals surface area contributed by atoms with Crippen molar-refractivity contribution in [3.05, 3.63) is 94.3 Å². The van der Waals surface area contributed by atoms with Gasteiger partial charge in [-0.15, -0.1) is 0 Å². The summed E-state index contributed by atoms with van der Waals surface area (Å²) in [5.41, 5.74) is 1.30. The summed E-state index contributed by atoms with van der Waals surface area (Å²) in [5.74, 6) is -1.13. The molecule has 0 aromatic heterocycles. The molecule has 34 heavy (non-hydrogen) atoms. The molecule has 0 bridgehead atoms. The maximum Gasteiger partial charge on any atom is 0.335 e. The largest absolute Gasteiger partial charge is 0.493 e. The highest BCUT2D eigenvalue weighted by atomic mass is 35.5. The number of amides is 4. The number of benzene rings is 3. The molecule has 0 radical (unpaired) electrons. The first kappa shape index (κ1) is 23.0. The van der Waals surface area contributed by atoms with Crippen LogP contribution in [0.1, 0.15) is 11.1 Å². The fourth-order valence-corrected chi connectivity index (χ4v) is 3.41. The molecular weight excluding hydrogens is 463 g/mol. The molecule has 0 spiro atoms. The van der Waals surface area contributed by atoms with Gasteiger partial charge in [-0.2, -0.15) is 0 Å². The lowest BCUT2D eigenvalue weighted by atomic mass is 10.1. The Morgan fingerprint density at radius 1 is 0.971 bits per heavy atom. The number of nitrogens with zero attached hydrogens (tertiary/aromatic N) is 1. The predicted molar refractivity (Wildman–Crippen MR) is 124 cm³/mol. The Labute approximate surface area is 199 Å². The van der Waals surface area contributed by atoms with Crippen LogP contribution in [0.4, 0.5) is 14.9 Å². The monoisotopic (exact) mass is 480 g/mol. The summed E-state index contributed by atoms with van der Waals surface area (Å²) in [6.45, 7) is 0.191. The summed E-state index contributed by atoms with van der Waals surface area (Å²) in [5, 5.41) is 2.61. The van der Waals surface area contributed by atoms with Crippen LogP contribution >= 0.6 is 11.6 Å². The molecule has 172 valence electrons. The minimum atomic E-state index is -0.850. The van der Waals surface area contributed by atoms with Crippen molar-refractivity contribution in [3.8, 4) is 11.5 Å². The van der Waals surface area contributed by atoms with E-state index in [0.29, 0.717) is 22.1 Å². The number of carbonyl (C=O) groups excluding carboxylic acids is 3. The molecule has 1 saturated heterocycles. The zero-order chi connectivity index (χ0) is 24.2. The SMILES string of the molecule is COc1cc(/C=C2\C(=O)NC(=O)N(c3ccc(Cl)cc3)C2=O)ccc1OCc1ccc(F)cc1. The van der Waals surface area contributed by atoms with Gasteiger partial charge in [0.15, 0.2) is 11.5 Å². The molecule has 3 aromatic carbocycles. The second-order valence-corrected chi connectivity index (χ2v) is 7.70. The lowest BCUT2D eigenvalue weighted by Gasteiger charge is -2.26. The van der Waals surface area contributed by atoms with E-state index in [-0.39, 0.29) is 23.7 Å². The average molecular weight is 481 g/mol. The van der Waals surface area contributed by atoms with E-state index in [1.54, 1.807) is 30.3 Å². The summed E-state index contributed by atoms with van der Waals surface area (Å²) >= 11 is 5.88. The van der Waals surface area contributed by atoms with Gasteiger partial charge >= 0.3 is 6.03 Å². The third kappa shape index (κ3) is 4.92. The van der Waals surface area contributed by atoms with E-state index in [9.17, 15) is 18.8 Å². The van der Waals surface area contributed by atoms with E-state index in [2.05, 4.69) is 5.32 Å². The molecule has 0 unspecified atom stereocenters. The molecule has 0 aliphatic carbocycles. The van der Waals surface area contributed by atoms with Crippen LogP contribution in [0.5, 0.6) is 11.5 Å². The Bertz CT molecular complexity index is 1290. The van der Waals surface area contributed by atoms with Crippen LogP contribution in [0.2, 0.25) is 5.02 Å². The summed E-state index contributed by atoms with van der Waals surface area (Å²) in [6, 6.07) is 16.0. The number of rotatable bonds is 6. The number of urea groups is 1. The first-order chi connectivity index (χ1) is 16.4. The fourth-order valence-electron chi connectivity index (χ4n) is 3.28. The molecule has 0 atom stereocenters. The van der Waals surface area contributed by atoms with Crippen LogP contribution in [0.3, 0.4) is 0 Å². The highest BCUT2D eigenvalue weighted by molar-refractivity contribution is 6.39. The van der Waals surface area contributed by atoms with Gasteiger partial charge in [0.05, 0.1) is 12.8 Å². The Hall–Kier alpha value is -4.17. The number of ether oxygens (including phenoxy) is 2. The minimum absolute atomic E-state index is 0.191. The van der Waals surface area contributed by atoms with Crippen LogP contribution in [0.15, 0.2) is 72.3 Å². The number of nitrogens with one attached hydrogen (secondary N) is 1.